The summed E-state index contributed by atoms with van der Waals surface area (Å²) < 4.78 is 6.39. The molecule has 2 aromatic rings. The SMILES string of the molecule is CCNC(Cc1cc(OC)ccc1Br)c1cscn1. The lowest BCUT2D eigenvalue weighted by atomic mass is 10.0. The van der Waals surface area contributed by atoms with Gasteiger partial charge in [0.05, 0.1) is 24.4 Å². The summed E-state index contributed by atoms with van der Waals surface area (Å²) >= 11 is 5.23. The molecule has 1 atom stereocenters. The van der Waals surface area contributed by atoms with Crippen molar-refractivity contribution in [2.45, 2.75) is 19.4 Å². The average molecular weight is 341 g/mol. The van der Waals surface area contributed by atoms with Crippen molar-refractivity contribution in [3.63, 3.8) is 0 Å². The zero-order valence-electron chi connectivity index (χ0n) is 11.0. The summed E-state index contributed by atoms with van der Waals surface area (Å²) in [7, 11) is 1.69. The first-order valence-corrected chi connectivity index (χ1v) is 7.92. The fourth-order valence-electron chi connectivity index (χ4n) is 1.98. The molecule has 0 radical (unpaired) electrons. The Kier molecular flexibility index (Phi) is 5.36. The van der Waals surface area contributed by atoms with Crippen LogP contribution in [0.3, 0.4) is 0 Å². The van der Waals surface area contributed by atoms with Crippen LogP contribution < -0.4 is 10.1 Å². The molecular formula is C14H17BrN2OS. The molecule has 0 amide bonds. The molecule has 0 saturated carbocycles. The molecule has 0 aliphatic rings. The van der Waals surface area contributed by atoms with Gasteiger partial charge < -0.3 is 10.1 Å². The van der Waals surface area contributed by atoms with Crippen LogP contribution in [0.5, 0.6) is 5.75 Å². The van der Waals surface area contributed by atoms with Gasteiger partial charge in [-0.3, -0.25) is 0 Å². The number of benzene rings is 1. The molecule has 5 heteroatoms. The lowest BCUT2D eigenvalue weighted by molar-refractivity contribution is 0.413. The Labute approximate surface area is 126 Å². The number of hydrogen-bond donors (Lipinski definition) is 1. The summed E-state index contributed by atoms with van der Waals surface area (Å²) in [6.45, 7) is 3.03. The molecule has 102 valence electrons. The second-order valence-corrected chi connectivity index (χ2v) is 5.76. The molecule has 1 heterocycles. The molecule has 2 rings (SSSR count). The summed E-state index contributed by atoms with van der Waals surface area (Å²) in [6, 6.07) is 6.29. The van der Waals surface area contributed by atoms with E-state index in [4.69, 9.17) is 4.74 Å². The first kappa shape index (κ1) is 14.5. The van der Waals surface area contributed by atoms with Gasteiger partial charge in [0.15, 0.2) is 0 Å². The summed E-state index contributed by atoms with van der Waals surface area (Å²) in [5.74, 6) is 0.881. The Morgan fingerprint density at radius 2 is 2.32 bits per heavy atom. The third-order valence-electron chi connectivity index (χ3n) is 2.94. The van der Waals surface area contributed by atoms with Crippen LogP contribution in [-0.2, 0) is 6.42 Å². The number of nitrogens with zero attached hydrogens (tertiary/aromatic N) is 1. The smallest absolute Gasteiger partial charge is 0.119 e. The van der Waals surface area contributed by atoms with E-state index in [2.05, 4.69) is 44.6 Å². The van der Waals surface area contributed by atoms with Crippen LogP contribution in [0.15, 0.2) is 33.6 Å². The van der Waals surface area contributed by atoms with Gasteiger partial charge in [-0.1, -0.05) is 22.9 Å². The van der Waals surface area contributed by atoms with E-state index in [9.17, 15) is 0 Å². The average Bonchev–Trinajstić information content (AvgIpc) is 2.94. The Bertz CT molecular complexity index is 516. The standard InChI is InChI=1S/C14H17BrN2OS/c1-3-16-13(14-8-19-9-17-14)7-10-6-11(18-2)4-5-12(10)15/h4-6,8-9,13,16H,3,7H2,1-2H3. The number of ether oxygens (including phenoxy) is 1. The Morgan fingerprint density at radius 3 is 2.95 bits per heavy atom. The van der Waals surface area contributed by atoms with Gasteiger partial charge in [-0.2, -0.15) is 0 Å². The van der Waals surface area contributed by atoms with Crippen molar-refractivity contribution in [2.75, 3.05) is 13.7 Å². The topological polar surface area (TPSA) is 34.1 Å². The van der Waals surface area contributed by atoms with E-state index in [-0.39, 0.29) is 6.04 Å². The lowest BCUT2D eigenvalue weighted by Crippen LogP contribution is -2.23. The van der Waals surface area contributed by atoms with Crippen LogP contribution >= 0.6 is 27.3 Å². The van der Waals surface area contributed by atoms with Crippen molar-refractivity contribution < 1.29 is 4.74 Å². The van der Waals surface area contributed by atoms with E-state index in [1.807, 2.05) is 17.6 Å². The quantitative estimate of drug-likeness (QED) is 0.868. The first-order valence-electron chi connectivity index (χ1n) is 6.18. The van der Waals surface area contributed by atoms with Crippen molar-refractivity contribution >= 4 is 27.3 Å². The van der Waals surface area contributed by atoms with Gasteiger partial charge in [-0.05, 0) is 36.7 Å². The fourth-order valence-corrected chi connectivity index (χ4v) is 2.99. The Hall–Kier alpha value is -0.910. The molecule has 19 heavy (non-hydrogen) atoms. The number of halogens is 1. The first-order chi connectivity index (χ1) is 9.24. The highest BCUT2D eigenvalue weighted by molar-refractivity contribution is 9.10. The van der Waals surface area contributed by atoms with Crippen LogP contribution in [-0.4, -0.2) is 18.6 Å². The van der Waals surface area contributed by atoms with Crippen LogP contribution in [0, 0.1) is 0 Å². The number of nitrogens with one attached hydrogen (secondary N) is 1. The minimum absolute atomic E-state index is 0.236. The fraction of sp³-hybridized carbons (Fsp3) is 0.357. The van der Waals surface area contributed by atoms with E-state index in [0.29, 0.717) is 0 Å². The highest BCUT2D eigenvalue weighted by atomic mass is 79.9. The maximum Gasteiger partial charge on any atom is 0.119 e. The zero-order chi connectivity index (χ0) is 13.7. The Morgan fingerprint density at radius 1 is 1.47 bits per heavy atom. The lowest BCUT2D eigenvalue weighted by Gasteiger charge is -2.17. The molecule has 1 aromatic carbocycles. The van der Waals surface area contributed by atoms with Gasteiger partial charge in [0.2, 0.25) is 0 Å². The predicted octanol–water partition coefficient (Wildman–Crippen LogP) is 3.81. The van der Waals surface area contributed by atoms with Gasteiger partial charge in [0.25, 0.3) is 0 Å². The van der Waals surface area contributed by atoms with Crippen molar-refractivity contribution in [3.8, 4) is 5.75 Å². The number of likely N-dealkylation sites (N-methyl/N-ethyl adjacent to an activating group) is 1. The van der Waals surface area contributed by atoms with Gasteiger partial charge in [0, 0.05) is 9.85 Å². The van der Waals surface area contributed by atoms with Crippen LogP contribution in [0.25, 0.3) is 0 Å². The summed E-state index contributed by atoms with van der Waals surface area (Å²) in [6.07, 6.45) is 0.884. The molecule has 0 saturated heterocycles. The number of aromatic nitrogens is 1. The molecule has 3 nitrogen and oxygen atoms in total. The van der Waals surface area contributed by atoms with Crippen molar-refractivity contribution in [3.05, 3.63) is 44.8 Å². The normalized spacial score (nSPS) is 12.4. The predicted molar refractivity (Wildman–Crippen MR) is 82.9 cm³/mol. The highest BCUT2D eigenvalue weighted by Crippen LogP contribution is 2.27. The molecule has 0 spiro atoms. The minimum Gasteiger partial charge on any atom is -0.497 e. The number of thiazole rings is 1. The van der Waals surface area contributed by atoms with Gasteiger partial charge in [-0.15, -0.1) is 11.3 Å². The van der Waals surface area contributed by atoms with E-state index in [0.717, 1.165) is 28.9 Å². The monoisotopic (exact) mass is 340 g/mol. The second kappa shape index (κ2) is 7.03. The van der Waals surface area contributed by atoms with Crippen molar-refractivity contribution in [1.29, 1.82) is 0 Å². The van der Waals surface area contributed by atoms with Crippen molar-refractivity contribution in [2.24, 2.45) is 0 Å². The minimum atomic E-state index is 0.236. The number of rotatable bonds is 6. The molecule has 1 unspecified atom stereocenters. The second-order valence-electron chi connectivity index (χ2n) is 4.19. The summed E-state index contributed by atoms with van der Waals surface area (Å²) in [4.78, 5) is 4.41. The van der Waals surface area contributed by atoms with E-state index >= 15 is 0 Å². The zero-order valence-corrected chi connectivity index (χ0v) is 13.4. The molecular weight excluding hydrogens is 324 g/mol. The molecule has 0 fully saturated rings. The highest BCUT2D eigenvalue weighted by Gasteiger charge is 2.15. The number of hydrogen-bond acceptors (Lipinski definition) is 4. The van der Waals surface area contributed by atoms with E-state index in [1.165, 1.54) is 5.56 Å². The third kappa shape index (κ3) is 3.78. The van der Waals surface area contributed by atoms with E-state index in [1.54, 1.807) is 18.4 Å². The van der Waals surface area contributed by atoms with Crippen LogP contribution in [0.4, 0.5) is 0 Å². The molecule has 1 N–H and O–H groups in total. The molecule has 0 aliphatic heterocycles. The summed E-state index contributed by atoms with van der Waals surface area (Å²) in [5.41, 5.74) is 4.19. The van der Waals surface area contributed by atoms with Crippen LogP contribution in [0.2, 0.25) is 0 Å². The molecule has 0 bridgehead atoms. The maximum absolute atomic E-state index is 5.29. The molecule has 0 aliphatic carbocycles. The summed E-state index contributed by atoms with van der Waals surface area (Å²) in [5, 5.41) is 5.58. The largest absolute Gasteiger partial charge is 0.497 e. The number of methoxy groups -OCH3 is 1. The Balaban J connectivity index is 2.21. The van der Waals surface area contributed by atoms with E-state index < -0.39 is 0 Å². The van der Waals surface area contributed by atoms with Crippen LogP contribution in [0.1, 0.15) is 24.2 Å². The van der Waals surface area contributed by atoms with Crippen molar-refractivity contribution in [1.82, 2.24) is 10.3 Å². The molecule has 1 aromatic heterocycles. The maximum atomic E-state index is 5.29. The third-order valence-corrected chi connectivity index (χ3v) is 4.31. The van der Waals surface area contributed by atoms with Gasteiger partial charge in [0.1, 0.15) is 5.75 Å². The van der Waals surface area contributed by atoms with Gasteiger partial charge >= 0.3 is 0 Å². The van der Waals surface area contributed by atoms with Gasteiger partial charge in [-0.25, -0.2) is 4.98 Å².